The van der Waals surface area contributed by atoms with E-state index >= 15 is 0 Å². The number of carbonyl (C=O) groups excluding carboxylic acids is 1. The topological polar surface area (TPSA) is 46.5 Å². The van der Waals surface area contributed by atoms with Gasteiger partial charge in [0.15, 0.2) is 0 Å². The van der Waals surface area contributed by atoms with E-state index in [2.05, 4.69) is 12.7 Å². The van der Waals surface area contributed by atoms with Crippen LogP contribution in [0.4, 0.5) is 0 Å². The highest BCUT2D eigenvalue weighted by Gasteiger charge is 2.49. The summed E-state index contributed by atoms with van der Waals surface area (Å²) >= 11 is 0. The molecule has 1 saturated carbocycles. The van der Waals surface area contributed by atoms with E-state index in [1.54, 1.807) is 0 Å². The Labute approximate surface area is 107 Å². The van der Waals surface area contributed by atoms with Crippen molar-refractivity contribution in [2.75, 3.05) is 0 Å². The molecule has 0 bridgehead atoms. The Morgan fingerprint density at radius 3 is 2.89 bits per heavy atom. The quantitative estimate of drug-likeness (QED) is 0.527. The molecule has 1 aliphatic heterocycles. The van der Waals surface area contributed by atoms with Gasteiger partial charge in [-0.1, -0.05) is 18.2 Å². The van der Waals surface area contributed by atoms with Gasteiger partial charge in [0.05, 0.1) is 5.60 Å². The highest BCUT2D eigenvalue weighted by atomic mass is 16.5. The van der Waals surface area contributed by atoms with E-state index in [0.717, 1.165) is 16.7 Å². The summed E-state index contributed by atoms with van der Waals surface area (Å²) < 4.78 is 5.37. The third kappa shape index (κ3) is 1.37. The van der Waals surface area contributed by atoms with Crippen LogP contribution in [0, 0.1) is 5.92 Å². The highest BCUT2D eigenvalue weighted by Crippen LogP contribution is 2.50. The van der Waals surface area contributed by atoms with Gasteiger partial charge in [-0.15, -0.1) is 0 Å². The van der Waals surface area contributed by atoms with Gasteiger partial charge >= 0.3 is 5.97 Å². The summed E-state index contributed by atoms with van der Waals surface area (Å²) in [6.07, 6.45) is 3.78. The summed E-state index contributed by atoms with van der Waals surface area (Å²) in [6, 6.07) is 0. The average Bonchev–Trinajstić information content (AvgIpc) is 2.71. The lowest BCUT2D eigenvalue weighted by atomic mass is 9.80. The minimum absolute atomic E-state index is 0.0504. The van der Waals surface area contributed by atoms with Gasteiger partial charge in [-0.3, -0.25) is 0 Å². The molecule has 18 heavy (non-hydrogen) atoms. The molecule has 3 nitrogen and oxygen atoms in total. The minimum Gasteiger partial charge on any atom is -0.454 e. The maximum Gasteiger partial charge on any atom is 0.334 e. The third-order valence-electron chi connectivity index (χ3n) is 4.76. The fourth-order valence-electron chi connectivity index (χ4n) is 3.43. The Morgan fingerprint density at radius 2 is 2.17 bits per heavy atom. The summed E-state index contributed by atoms with van der Waals surface area (Å²) in [4.78, 5) is 11.6. The second kappa shape index (κ2) is 3.58. The smallest absolute Gasteiger partial charge is 0.334 e. The number of esters is 1. The summed E-state index contributed by atoms with van der Waals surface area (Å²) in [6.45, 7) is 7.90. The number of fused-ring (bicyclic) bond motifs is 2. The molecule has 3 atom stereocenters. The van der Waals surface area contributed by atoms with Crippen LogP contribution in [0.5, 0.6) is 0 Å². The zero-order chi connectivity index (χ0) is 13.1. The predicted molar refractivity (Wildman–Crippen MR) is 67.8 cm³/mol. The van der Waals surface area contributed by atoms with Gasteiger partial charge in [0.1, 0.15) is 6.10 Å². The lowest BCUT2D eigenvalue weighted by molar-refractivity contribution is -0.139. The van der Waals surface area contributed by atoms with E-state index in [-0.39, 0.29) is 18.0 Å². The number of ether oxygens (including phenoxy) is 1. The standard InChI is InChI=1S/C15H18O3/c1-8-4-5-15(17)9(2)6-13-11(7-12(8)15)10(3)14(16)18-13/h4,12-13,17H,2,5-7H2,1,3H3/t12-,13-,15+/m1/s1. The van der Waals surface area contributed by atoms with Crippen molar-refractivity contribution < 1.29 is 14.6 Å². The monoisotopic (exact) mass is 246 g/mol. The Bertz CT molecular complexity index is 512. The molecule has 1 heterocycles. The van der Waals surface area contributed by atoms with Crippen molar-refractivity contribution in [2.24, 2.45) is 5.92 Å². The van der Waals surface area contributed by atoms with Crippen LogP contribution < -0.4 is 0 Å². The van der Waals surface area contributed by atoms with E-state index in [4.69, 9.17) is 4.74 Å². The Balaban J connectivity index is 2.06. The summed E-state index contributed by atoms with van der Waals surface area (Å²) in [5.74, 6) is -0.165. The van der Waals surface area contributed by atoms with Crippen LogP contribution in [-0.2, 0) is 9.53 Å². The molecule has 0 aromatic heterocycles. The normalized spacial score (nSPS) is 39.2. The van der Waals surface area contributed by atoms with Crippen LogP contribution >= 0.6 is 0 Å². The summed E-state index contributed by atoms with van der Waals surface area (Å²) in [5, 5.41) is 10.8. The number of carbonyl (C=O) groups is 1. The fourth-order valence-corrected chi connectivity index (χ4v) is 3.43. The largest absolute Gasteiger partial charge is 0.454 e. The first-order valence-electron chi connectivity index (χ1n) is 6.41. The zero-order valence-electron chi connectivity index (χ0n) is 10.8. The summed E-state index contributed by atoms with van der Waals surface area (Å²) in [7, 11) is 0. The molecule has 0 aromatic rings. The molecule has 3 aliphatic rings. The fraction of sp³-hybridized carbons (Fsp3) is 0.533. The molecule has 0 unspecified atom stereocenters. The number of hydrogen-bond donors (Lipinski definition) is 1. The molecule has 0 radical (unpaired) electrons. The maximum atomic E-state index is 11.6. The molecule has 0 amide bonds. The van der Waals surface area contributed by atoms with Gasteiger partial charge in [-0.25, -0.2) is 4.79 Å². The van der Waals surface area contributed by atoms with Crippen molar-refractivity contribution in [1.82, 2.24) is 0 Å². The minimum atomic E-state index is -0.839. The zero-order valence-corrected chi connectivity index (χ0v) is 10.8. The van der Waals surface area contributed by atoms with E-state index in [9.17, 15) is 9.90 Å². The Hall–Kier alpha value is -1.35. The summed E-state index contributed by atoms with van der Waals surface area (Å²) in [5.41, 5.74) is 2.92. The van der Waals surface area contributed by atoms with E-state index in [1.807, 2.05) is 13.8 Å². The third-order valence-corrected chi connectivity index (χ3v) is 4.76. The van der Waals surface area contributed by atoms with Crippen LogP contribution in [0.25, 0.3) is 0 Å². The molecule has 0 aromatic carbocycles. The van der Waals surface area contributed by atoms with Gasteiger partial charge < -0.3 is 9.84 Å². The van der Waals surface area contributed by atoms with E-state index < -0.39 is 5.60 Å². The Morgan fingerprint density at radius 1 is 1.44 bits per heavy atom. The highest BCUT2D eigenvalue weighted by molar-refractivity contribution is 5.91. The van der Waals surface area contributed by atoms with Crippen molar-refractivity contribution in [3.8, 4) is 0 Å². The molecule has 2 aliphatic carbocycles. The van der Waals surface area contributed by atoms with Gasteiger partial charge in [0, 0.05) is 17.9 Å². The number of hydrogen-bond acceptors (Lipinski definition) is 3. The molecule has 0 saturated heterocycles. The van der Waals surface area contributed by atoms with Gasteiger partial charge in [-0.05, 0) is 37.8 Å². The van der Waals surface area contributed by atoms with Crippen molar-refractivity contribution in [2.45, 2.75) is 44.8 Å². The van der Waals surface area contributed by atoms with Crippen LogP contribution in [0.1, 0.15) is 33.1 Å². The Kier molecular flexibility index (Phi) is 2.33. The molecule has 0 spiro atoms. The van der Waals surface area contributed by atoms with Gasteiger partial charge in [0.25, 0.3) is 0 Å². The first kappa shape index (κ1) is 11.7. The molecular formula is C15H18O3. The van der Waals surface area contributed by atoms with Crippen LogP contribution in [0.3, 0.4) is 0 Å². The van der Waals surface area contributed by atoms with E-state index in [0.29, 0.717) is 19.3 Å². The van der Waals surface area contributed by atoms with E-state index in [1.165, 1.54) is 5.57 Å². The molecular weight excluding hydrogens is 228 g/mol. The molecule has 3 heteroatoms. The van der Waals surface area contributed by atoms with Gasteiger partial charge in [0.2, 0.25) is 0 Å². The van der Waals surface area contributed by atoms with Crippen molar-refractivity contribution >= 4 is 5.97 Å². The first-order valence-corrected chi connectivity index (χ1v) is 6.41. The molecule has 3 rings (SSSR count). The van der Waals surface area contributed by atoms with Gasteiger partial charge in [-0.2, -0.15) is 0 Å². The average molecular weight is 246 g/mol. The number of aliphatic hydroxyl groups is 1. The van der Waals surface area contributed by atoms with Crippen LogP contribution in [0.15, 0.2) is 34.9 Å². The second-order valence-electron chi connectivity index (χ2n) is 5.69. The first-order chi connectivity index (χ1) is 8.43. The van der Waals surface area contributed by atoms with Crippen molar-refractivity contribution in [1.29, 1.82) is 0 Å². The maximum absolute atomic E-state index is 11.6. The van der Waals surface area contributed by atoms with Crippen LogP contribution in [-0.4, -0.2) is 22.8 Å². The molecule has 96 valence electrons. The molecule has 1 fully saturated rings. The lowest BCUT2D eigenvalue weighted by Crippen LogP contribution is -2.35. The van der Waals surface area contributed by atoms with Crippen LogP contribution in [0.2, 0.25) is 0 Å². The lowest BCUT2D eigenvalue weighted by Gasteiger charge is -2.31. The molecule has 1 N–H and O–H groups in total. The predicted octanol–water partition coefficient (Wildman–Crippen LogP) is 2.28. The van der Waals surface area contributed by atoms with Crippen molar-refractivity contribution in [3.63, 3.8) is 0 Å². The number of rotatable bonds is 0. The van der Waals surface area contributed by atoms with Crippen molar-refractivity contribution in [3.05, 3.63) is 34.9 Å². The SMILES string of the molecule is C=C1C[C@H]2OC(=O)C(C)=C2C[C@@H]2C(C)=CC[C@]12O. The second-order valence-corrected chi connectivity index (χ2v) is 5.69.